The molecule has 2 nitrogen and oxygen atoms in total. The zero-order valence-corrected chi connectivity index (χ0v) is 20.1. The first-order valence-corrected chi connectivity index (χ1v) is 11.1. The molecule has 2 heteroatoms. The van der Waals surface area contributed by atoms with Crippen molar-refractivity contribution in [3.8, 4) is 0 Å². The predicted molar refractivity (Wildman–Crippen MR) is 128 cm³/mol. The van der Waals surface area contributed by atoms with E-state index in [0.29, 0.717) is 6.61 Å². The van der Waals surface area contributed by atoms with Crippen molar-refractivity contribution in [1.82, 2.24) is 0 Å². The fourth-order valence-electron chi connectivity index (χ4n) is 2.94. The highest BCUT2D eigenvalue weighted by Gasteiger charge is 1.95. The molecule has 0 aromatic carbocycles. The summed E-state index contributed by atoms with van der Waals surface area (Å²) < 4.78 is 4.94. The summed E-state index contributed by atoms with van der Waals surface area (Å²) in [5, 5.41) is 0. The lowest BCUT2D eigenvalue weighted by Gasteiger charge is -2.03. The van der Waals surface area contributed by atoms with E-state index >= 15 is 0 Å². The van der Waals surface area contributed by atoms with E-state index in [2.05, 4.69) is 65.8 Å². The zero-order chi connectivity index (χ0) is 22.1. The van der Waals surface area contributed by atoms with Crippen LogP contribution in [0.5, 0.6) is 0 Å². The van der Waals surface area contributed by atoms with Crippen molar-refractivity contribution < 1.29 is 9.53 Å². The molecule has 0 aliphatic carbocycles. The van der Waals surface area contributed by atoms with Gasteiger partial charge in [-0.1, -0.05) is 52.2 Å². The van der Waals surface area contributed by atoms with Gasteiger partial charge in [0.1, 0.15) is 6.61 Å². The van der Waals surface area contributed by atoms with Crippen LogP contribution < -0.4 is 0 Å². The first kappa shape index (κ1) is 27.2. The van der Waals surface area contributed by atoms with Crippen molar-refractivity contribution in [2.75, 3.05) is 6.61 Å². The summed E-state index contributed by atoms with van der Waals surface area (Å²) in [6.07, 6.45) is 20.4. The Balaban J connectivity index is 4.06. The summed E-state index contributed by atoms with van der Waals surface area (Å²) in [5.41, 5.74) is 7.14. The van der Waals surface area contributed by atoms with Crippen LogP contribution in [0.1, 0.15) is 99.8 Å². The Labute approximate surface area is 180 Å². The van der Waals surface area contributed by atoms with E-state index in [-0.39, 0.29) is 5.97 Å². The van der Waals surface area contributed by atoms with Crippen LogP contribution >= 0.6 is 0 Å². The Kier molecular flexibility index (Phi) is 16.0. The van der Waals surface area contributed by atoms with Gasteiger partial charge < -0.3 is 4.74 Å². The lowest BCUT2D eigenvalue weighted by Crippen LogP contribution is -1.98. The SMILES string of the molecule is CC(=O)OC/C=C(/C)CC/C=C(\C)CC/C=C(\C)CC/C=C(\C)CCC=C(C)C. The summed E-state index contributed by atoms with van der Waals surface area (Å²) in [5.74, 6) is -0.223. The number of carbonyl (C=O) groups excluding carboxylic acids is 1. The van der Waals surface area contributed by atoms with Gasteiger partial charge in [-0.05, 0) is 99.0 Å². The molecule has 0 aliphatic rings. The molecule has 164 valence electrons. The van der Waals surface area contributed by atoms with Gasteiger partial charge in [-0.15, -0.1) is 0 Å². The zero-order valence-electron chi connectivity index (χ0n) is 20.1. The van der Waals surface area contributed by atoms with Crippen LogP contribution in [0.2, 0.25) is 0 Å². The second-order valence-electron chi connectivity index (χ2n) is 8.44. The molecular weight excluding hydrogens is 356 g/mol. The van der Waals surface area contributed by atoms with Crippen molar-refractivity contribution in [1.29, 1.82) is 0 Å². The number of hydrogen-bond acceptors (Lipinski definition) is 2. The number of rotatable bonds is 14. The summed E-state index contributed by atoms with van der Waals surface area (Å²) in [6, 6.07) is 0. The number of allylic oxidation sites excluding steroid dienone is 9. The van der Waals surface area contributed by atoms with Crippen molar-refractivity contribution >= 4 is 5.97 Å². The Morgan fingerprint density at radius 2 is 0.897 bits per heavy atom. The van der Waals surface area contributed by atoms with Gasteiger partial charge in [-0.3, -0.25) is 4.79 Å². The largest absolute Gasteiger partial charge is 0.462 e. The van der Waals surface area contributed by atoms with E-state index in [0.717, 1.165) is 44.9 Å². The quantitative estimate of drug-likeness (QED) is 0.216. The highest BCUT2D eigenvalue weighted by molar-refractivity contribution is 5.66. The van der Waals surface area contributed by atoms with Crippen LogP contribution in [0.4, 0.5) is 0 Å². The van der Waals surface area contributed by atoms with Gasteiger partial charge in [0.25, 0.3) is 0 Å². The minimum atomic E-state index is -0.223. The topological polar surface area (TPSA) is 26.3 Å². The Morgan fingerprint density at radius 1 is 0.552 bits per heavy atom. The second-order valence-corrected chi connectivity index (χ2v) is 8.44. The molecule has 0 heterocycles. The van der Waals surface area contributed by atoms with Gasteiger partial charge in [0, 0.05) is 6.92 Å². The van der Waals surface area contributed by atoms with E-state index in [9.17, 15) is 4.79 Å². The van der Waals surface area contributed by atoms with Crippen molar-refractivity contribution in [3.63, 3.8) is 0 Å². The maximum absolute atomic E-state index is 10.8. The highest BCUT2D eigenvalue weighted by atomic mass is 16.5. The van der Waals surface area contributed by atoms with Gasteiger partial charge >= 0.3 is 5.97 Å². The molecule has 0 radical (unpaired) electrons. The molecule has 0 saturated heterocycles. The smallest absolute Gasteiger partial charge is 0.302 e. The van der Waals surface area contributed by atoms with Gasteiger partial charge in [0.15, 0.2) is 0 Å². The van der Waals surface area contributed by atoms with Crippen LogP contribution in [0, 0.1) is 0 Å². The van der Waals surface area contributed by atoms with E-state index in [1.54, 1.807) is 0 Å². The van der Waals surface area contributed by atoms with Gasteiger partial charge in [0.05, 0.1) is 0 Å². The number of ether oxygens (including phenoxy) is 1. The van der Waals surface area contributed by atoms with E-state index in [1.807, 2.05) is 6.08 Å². The van der Waals surface area contributed by atoms with Crippen molar-refractivity contribution in [3.05, 3.63) is 58.2 Å². The van der Waals surface area contributed by atoms with Gasteiger partial charge in [0.2, 0.25) is 0 Å². The first-order chi connectivity index (χ1) is 13.7. The summed E-state index contributed by atoms with van der Waals surface area (Å²) in [7, 11) is 0. The average molecular weight is 401 g/mol. The monoisotopic (exact) mass is 400 g/mol. The predicted octanol–water partition coefficient (Wildman–Crippen LogP) is 8.42. The first-order valence-electron chi connectivity index (χ1n) is 11.1. The van der Waals surface area contributed by atoms with Crippen LogP contribution in [0.25, 0.3) is 0 Å². The van der Waals surface area contributed by atoms with E-state index in [1.165, 1.54) is 41.2 Å². The summed E-state index contributed by atoms with van der Waals surface area (Å²) in [6.45, 7) is 15.0. The molecule has 0 amide bonds. The van der Waals surface area contributed by atoms with Crippen LogP contribution in [0.3, 0.4) is 0 Å². The maximum Gasteiger partial charge on any atom is 0.302 e. The fourth-order valence-corrected chi connectivity index (χ4v) is 2.94. The molecular formula is C27H44O2. The lowest BCUT2D eigenvalue weighted by atomic mass is 10.0. The van der Waals surface area contributed by atoms with E-state index < -0.39 is 0 Å². The van der Waals surface area contributed by atoms with Gasteiger partial charge in [-0.2, -0.15) is 0 Å². The summed E-state index contributed by atoms with van der Waals surface area (Å²) in [4.78, 5) is 10.8. The van der Waals surface area contributed by atoms with Crippen molar-refractivity contribution in [2.24, 2.45) is 0 Å². The number of hydrogen-bond donors (Lipinski definition) is 0. The van der Waals surface area contributed by atoms with E-state index in [4.69, 9.17) is 4.74 Å². The lowest BCUT2D eigenvalue weighted by molar-refractivity contribution is -0.139. The summed E-state index contributed by atoms with van der Waals surface area (Å²) >= 11 is 0. The second kappa shape index (κ2) is 17.1. The minimum Gasteiger partial charge on any atom is -0.462 e. The molecule has 0 unspecified atom stereocenters. The number of esters is 1. The third-order valence-corrected chi connectivity index (χ3v) is 4.90. The molecule has 0 atom stereocenters. The molecule has 0 N–H and O–H groups in total. The molecule has 0 saturated carbocycles. The Hall–Kier alpha value is -1.83. The molecule has 0 rings (SSSR count). The molecule has 29 heavy (non-hydrogen) atoms. The standard InChI is InChI=1S/C27H44O2/c1-22(2)12-8-13-23(3)14-9-15-24(4)16-10-17-25(5)18-11-19-26(6)20-21-29-27(7)28/h12,14,16,18,20H,8-11,13,15,17,19,21H2,1-7H3/b23-14+,24-16+,25-18+,26-20-. The number of carbonyl (C=O) groups is 1. The minimum absolute atomic E-state index is 0.223. The normalized spacial score (nSPS) is 13.5. The van der Waals surface area contributed by atoms with Gasteiger partial charge in [-0.25, -0.2) is 0 Å². The average Bonchev–Trinajstić information content (AvgIpc) is 2.61. The fraction of sp³-hybridized carbons (Fsp3) is 0.593. The molecule has 0 aliphatic heterocycles. The van der Waals surface area contributed by atoms with Crippen LogP contribution in [-0.2, 0) is 9.53 Å². The maximum atomic E-state index is 10.8. The van der Waals surface area contributed by atoms with Crippen LogP contribution in [0.15, 0.2) is 58.2 Å². The Morgan fingerprint density at radius 3 is 1.24 bits per heavy atom. The van der Waals surface area contributed by atoms with Crippen molar-refractivity contribution in [2.45, 2.75) is 99.8 Å². The van der Waals surface area contributed by atoms with Crippen LogP contribution in [-0.4, -0.2) is 12.6 Å². The third-order valence-electron chi connectivity index (χ3n) is 4.90. The molecule has 0 aromatic heterocycles. The molecule has 0 spiro atoms. The molecule has 0 aromatic rings. The Bertz CT molecular complexity index is 623. The molecule has 0 bridgehead atoms. The highest BCUT2D eigenvalue weighted by Crippen LogP contribution is 2.14. The molecule has 0 fully saturated rings. The third kappa shape index (κ3) is 19.3.